The molecular formula is C15H22N2O3. The lowest BCUT2D eigenvalue weighted by atomic mass is 9.94. The molecule has 1 aromatic rings. The first-order valence-electron chi connectivity index (χ1n) is 6.74. The van der Waals surface area contributed by atoms with Gasteiger partial charge in [0.15, 0.2) is 0 Å². The molecule has 0 saturated heterocycles. The topological polar surface area (TPSA) is 92.4 Å². The zero-order valence-corrected chi connectivity index (χ0v) is 11.9. The molecule has 110 valence electrons. The standard InChI is InChI=1S/C15H22N2O3/c1-10(15(19)20)8-9-17-14(18)11(2)13(16)12-6-4-3-5-7-12/h3-7,10-11,13H,8-9,16H2,1-2H3,(H,17,18)(H,19,20). The van der Waals surface area contributed by atoms with Crippen LogP contribution in [0.25, 0.3) is 0 Å². The normalized spacial score (nSPS) is 15.2. The van der Waals surface area contributed by atoms with Crippen molar-refractivity contribution in [3.05, 3.63) is 35.9 Å². The molecule has 1 amide bonds. The number of carbonyl (C=O) groups excluding carboxylic acids is 1. The quantitative estimate of drug-likeness (QED) is 0.705. The molecular weight excluding hydrogens is 256 g/mol. The average Bonchev–Trinajstić information content (AvgIpc) is 2.46. The fourth-order valence-electron chi connectivity index (χ4n) is 1.82. The summed E-state index contributed by atoms with van der Waals surface area (Å²) in [6.07, 6.45) is 0.411. The Kier molecular flexibility index (Phi) is 6.18. The Morgan fingerprint density at radius 1 is 1.25 bits per heavy atom. The molecule has 0 aliphatic heterocycles. The van der Waals surface area contributed by atoms with E-state index in [1.807, 2.05) is 30.3 Å². The molecule has 3 atom stereocenters. The van der Waals surface area contributed by atoms with Crippen LogP contribution in [0.2, 0.25) is 0 Å². The minimum Gasteiger partial charge on any atom is -0.481 e. The van der Waals surface area contributed by atoms with Crippen LogP contribution in [0.3, 0.4) is 0 Å². The number of carboxylic acid groups (broad SMARTS) is 1. The summed E-state index contributed by atoms with van der Waals surface area (Å²) in [6.45, 7) is 3.74. The molecule has 0 saturated carbocycles. The van der Waals surface area contributed by atoms with Crippen LogP contribution in [0.4, 0.5) is 0 Å². The smallest absolute Gasteiger partial charge is 0.306 e. The van der Waals surface area contributed by atoms with Gasteiger partial charge < -0.3 is 16.2 Å². The molecule has 5 heteroatoms. The second-order valence-electron chi connectivity index (χ2n) is 5.04. The van der Waals surface area contributed by atoms with Crippen LogP contribution in [-0.2, 0) is 9.59 Å². The number of hydrogen-bond donors (Lipinski definition) is 3. The molecule has 0 radical (unpaired) electrons. The summed E-state index contributed by atoms with van der Waals surface area (Å²) < 4.78 is 0. The molecule has 5 nitrogen and oxygen atoms in total. The molecule has 0 aliphatic carbocycles. The average molecular weight is 278 g/mol. The molecule has 4 N–H and O–H groups in total. The van der Waals surface area contributed by atoms with Crippen molar-refractivity contribution in [1.82, 2.24) is 5.32 Å². The minimum absolute atomic E-state index is 0.154. The second-order valence-corrected chi connectivity index (χ2v) is 5.04. The molecule has 1 aromatic carbocycles. The Hall–Kier alpha value is -1.88. The Morgan fingerprint density at radius 2 is 1.85 bits per heavy atom. The van der Waals surface area contributed by atoms with E-state index < -0.39 is 11.9 Å². The summed E-state index contributed by atoms with van der Waals surface area (Å²) in [4.78, 5) is 22.6. The van der Waals surface area contributed by atoms with Gasteiger partial charge in [0.25, 0.3) is 0 Å². The lowest BCUT2D eigenvalue weighted by Gasteiger charge is -2.20. The highest BCUT2D eigenvalue weighted by atomic mass is 16.4. The van der Waals surface area contributed by atoms with Gasteiger partial charge in [0.05, 0.1) is 11.8 Å². The number of benzene rings is 1. The van der Waals surface area contributed by atoms with Gasteiger partial charge in [-0.3, -0.25) is 9.59 Å². The minimum atomic E-state index is -0.853. The highest BCUT2D eigenvalue weighted by Gasteiger charge is 2.22. The van der Waals surface area contributed by atoms with Crippen molar-refractivity contribution in [2.45, 2.75) is 26.3 Å². The monoisotopic (exact) mass is 278 g/mol. The Labute approximate surface area is 119 Å². The molecule has 0 heterocycles. The number of hydrogen-bond acceptors (Lipinski definition) is 3. The van der Waals surface area contributed by atoms with Crippen LogP contribution in [0.5, 0.6) is 0 Å². The van der Waals surface area contributed by atoms with Crippen molar-refractivity contribution in [2.24, 2.45) is 17.6 Å². The number of aliphatic carboxylic acids is 1. The SMILES string of the molecule is CC(CCNC(=O)C(C)C(N)c1ccccc1)C(=O)O. The summed E-state index contributed by atoms with van der Waals surface area (Å²) in [6, 6.07) is 9.08. The van der Waals surface area contributed by atoms with E-state index in [0.717, 1.165) is 5.56 Å². The van der Waals surface area contributed by atoms with E-state index in [9.17, 15) is 9.59 Å². The first-order valence-corrected chi connectivity index (χ1v) is 6.74. The maximum absolute atomic E-state index is 12.0. The van der Waals surface area contributed by atoms with E-state index in [-0.39, 0.29) is 17.9 Å². The van der Waals surface area contributed by atoms with Crippen molar-refractivity contribution < 1.29 is 14.7 Å². The van der Waals surface area contributed by atoms with Crippen molar-refractivity contribution in [1.29, 1.82) is 0 Å². The van der Waals surface area contributed by atoms with Gasteiger partial charge in [-0.1, -0.05) is 44.2 Å². The first-order chi connectivity index (χ1) is 9.43. The van der Waals surface area contributed by atoms with Gasteiger partial charge in [0.1, 0.15) is 0 Å². The van der Waals surface area contributed by atoms with E-state index in [4.69, 9.17) is 10.8 Å². The molecule has 1 rings (SSSR count). The van der Waals surface area contributed by atoms with Crippen LogP contribution in [-0.4, -0.2) is 23.5 Å². The van der Waals surface area contributed by atoms with Crippen LogP contribution >= 0.6 is 0 Å². The number of amides is 1. The molecule has 0 aromatic heterocycles. The summed E-state index contributed by atoms with van der Waals surface area (Å²) in [5, 5.41) is 11.5. The second kappa shape index (κ2) is 7.65. The van der Waals surface area contributed by atoms with Gasteiger partial charge in [-0.05, 0) is 12.0 Å². The zero-order chi connectivity index (χ0) is 15.1. The van der Waals surface area contributed by atoms with Crippen LogP contribution < -0.4 is 11.1 Å². The van der Waals surface area contributed by atoms with Crippen molar-refractivity contribution in [3.63, 3.8) is 0 Å². The molecule has 3 unspecified atom stereocenters. The van der Waals surface area contributed by atoms with Gasteiger partial charge in [-0.25, -0.2) is 0 Å². The first kappa shape index (κ1) is 16.2. The molecule has 0 aliphatic rings. The third-order valence-electron chi connectivity index (χ3n) is 3.43. The van der Waals surface area contributed by atoms with E-state index in [1.165, 1.54) is 0 Å². The number of nitrogens with two attached hydrogens (primary N) is 1. The molecule has 0 fully saturated rings. The van der Waals surface area contributed by atoms with Gasteiger partial charge in [0, 0.05) is 12.6 Å². The van der Waals surface area contributed by atoms with Gasteiger partial charge in [-0.2, -0.15) is 0 Å². The van der Waals surface area contributed by atoms with Crippen LogP contribution in [0.1, 0.15) is 31.9 Å². The number of carbonyl (C=O) groups is 2. The highest BCUT2D eigenvalue weighted by Crippen LogP contribution is 2.19. The molecule has 20 heavy (non-hydrogen) atoms. The van der Waals surface area contributed by atoms with E-state index in [2.05, 4.69) is 5.32 Å². The molecule has 0 bridgehead atoms. The van der Waals surface area contributed by atoms with Crippen molar-refractivity contribution in [3.8, 4) is 0 Å². The fourth-order valence-corrected chi connectivity index (χ4v) is 1.82. The fraction of sp³-hybridized carbons (Fsp3) is 0.467. The van der Waals surface area contributed by atoms with Crippen LogP contribution in [0, 0.1) is 11.8 Å². The zero-order valence-electron chi connectivity index (χ0n) is 11.9. The predicted octanol–water partition coefficient (Wildman–Crippen LogP) is 1.55. The Balaban J connectivity index is 2.45. The lowest BCUT2D eigenvalue weighted by molar-refractivity contribution is -0.141. The maximum Gasteiger partial charge on any atom is 0.306 e. The summed E-state index contributed by atoms with van der Waals surface area (Å²) in [5.74, 6) is -1.84. The number of rotatable bonds is 7. The van der Waals surface area contributed by atoms with E-state index in [1.54, 1.807) is 13.8 Å². The third-order valence-corrected chi connectivity index (χ3v) is 3.43. The van der Waals surface area contributed by atoms with Gasteiger partial charge in [0.2, 0.25) is 5.91 Å². The maximum atomic E-state index is 12.0. The van der Waals surface area contributed by atoms with Crippen LogP contribution in [0.15, 0.2) is 30.3 Å². The number of carboxylic acids is 1. The Bertz CT molecular complexity index is 448. The van der Waals surface area contributed by atoms with Gasteiger partial charge in [-0.15, -0.1) is 0 Å². The van der Waals surface area contributed by atoms with E-state index in [0.29, 0.717) is 13.0 Å². The largest absolute Gasteiger partial charge is 0.481 e. The highest BCUT2D eigenvalue weighted by molar-refractivity contribution is 5.79. The summed E-state index contributed by atoms with van der Waals surface area (Å²) in [7, 11) is 0. The van der Waals surface area contributed by atoms with Gasteiger partial charge >= 0.3 is 5.97 Å². The summed E-state index contributed by atoms with van der Waals surface area (Å²) in [5.41, 5.74) is 6.98. The molecule has 0 spiro atoms. The van der Waals surface area contributed by atoms with Crippen molar-refractivity contribution in [2.75, 3.05) is 6.54 Å². The lowest BCUT2D eigenvalue weighted by Crippen LogP contribution is -2.36. The predicted molar refractivity (Wildman–Crippen MR) is 77.0 cm³/mol. The van der Waals surface area contributed by atoms with E-state index >= 15 is 0 Å². The summed E-state index contributed by atoms with van der Waals surface area (Å²) >= 11 is 0. The number of nitrogens with one attached hydrogen (secondary N) is 1. The Morgan fingerprint density at radius 3 is 2.40 bits per heavy atom. The third kappa shape index (κ3) is 4.66. The van der Waals surface area contributed by atoms with Crippen molar-refractivity contribution >= 4 is 11.9 Å².